The quantitative estimate of drug-likeness (QED) is 0.651. The van der Waals surface area contributed by atoms with Gasteiger partial charge in [0.1, 0.15) is 0 Å². The van der Waals surface area contributed by atoms with Crippen LogP contribution < -0.4 is 5.32 Å². The molecule has 2 aliphatic heterocycles. The molecule has 2 N–H and O–H groups in total. The first-order valence-electron chi connectivity index (χ1n) is 4.24. The topological polar surface area (TPSA) is 49.3 Å². The van der Waals surface area contributed by atoms with Crippen molar-refractivity contribution in [2.24, 2.45) is 5.92 Å². The Morgan fingerprint density at radius 1 is 1.25 bits per heavy atom. The van der Waals surface area contributed by atoms with Crippen LogP contribution in [0.4, 0.5) is 0 Å². The molecule has 2 saturated heterocycles. The van der Waals surface area contributed by atoms with Crippen LogP contribution in [0.1, 0.15) is 25.7 Å². The summed E-state index contributed by atoms with van der Waals surface area (Å²) < 4.78 is 0. The zero-order valence-corrected chi connectivity index (χ0v) is 7.64. The van der Waals surface area contributed by atoms with Gasteiger partial charge in [0.05, 0.1) is 5.92 Å². The van der Waals surface area contributed by atoms with Crippen molar-refractivity contribution in [3.8, 4) is 0 Å². The first kappa shape index (κ1) is 9.81. The Kier molecular flexibility index (Phi) is 2.96. The van der Waals surface area contributed by atoms with Gasteiger partial charge in [0.25, 0.3) is 0 Å². The summed E-state index contributed by atoms with van der Waals surface area (Å²) in [5.74, 6) is -0.683. The third-order valence-electron chi connectivity index (χ3n) is 2.82. The molecule has 0 aliphatic carbocycles. The summed E-state index contributed by atoms with van der Waals surface area (Å²) in [5.41, 5.74) is 0. The molecule has 0 aromatic rings. The van der Waals surface area contributed by atoms with E-state index in [4.69, 9.17) is 5.11 Å². The second kappa shape index (κ2) is 3.62. The summed E-state index contributed by atoms with van der Waals surface area (Å²) in [4.78, 5) is 10.6. The molecule has 0 spiro atoms. The van der Waals surface area contributed by atoms with E-state index < -0.39 is 5.97 Å². The number of hydrogen-bond acceptors (Lipinski definition) is 2. The second-order valence-electron chi connectivity index (χ2n) is 3.64. The molecule has 2 bridgehead atoms. The highest BCUT2D eigenvalue weighted by molar-refractivity contribution is 5.85. The van der Waals surface area contributed by atoms with E-state index in [-0.39, 0.29) is 18.3 Å². The van der Waals surface area contributed by atoms with Gasteiger partial charge in [0.2, 0.25) is 0 Å². The number of halogens is 1. The van der Waals surface area contributed by atoms with Gasteiger partial charge >= 0.3 is 5.97 Å². The Balaban J connectivity index is 0.000000720. The van der Waals surface area contributed by atoms with Gasteiger partial charge in [-0.1, -0.05) is 0 Å². The van der Waals surface area contributed by atoms with Gasteiger partial charge in [0, 0.05) is 12.1 Å². The van der Waals surface area contributed by atoms with E-state index in [1.807, 2.05) is 0 Å². The summed E-state index contributed by atoms with van der Waals surface area (Å²) in [5, 5.41) is 12.2. The highest BCUT2D eigenvalue weighted by Crippen LogP contribution is 2.30. The Morgan fingerprint density at radius 2 is 1.75 bits per heavy atom. The first-order chi connectivity index (χ1) is 5.25. The molecule has 0 aromatic carbocycles. The number of carbonyl (C=O) groups is 1. The fraction of sp³-hybridized carbons (Fsp3) is 0.875. The van der Waals surface area contributed by atoms with Crippen LogP contribution in [0.15, 0.2) is 0 Å². The van der Waals surface area contributed by atoms with Crippen molar-refractivity contribution in [1.29, 1.82) is 0 Å². The number of rotatable bonds is 1. The van der Waals surface area contributed by atoms with Crippen molar-refractivity contribution >= 4 is 18.4 Å². The number of fused-ring (bicyclic) bond motifs is 2. The predicted octanol–water partition coefficient (Wildman–Crippen LogP) is 1.02. The van der Waals surface area contributed by atoms with Crippen LogP contribution in [0.3, 0.4) is 0 Å². The van der Waals surface area contributed by atoms with Crippen molar-refractivity contribution < 1.29 is 9.90 Å². The van der Waals surface area contributed by atoms with Crippen molar-refractivity contribution in [2.75, 3.05) is 0 Å². The number of hydrogen-bond donors (Lipinski definition) is 2. The molecule has 3 atom stereocenters. The van der Waals surface area contributed by atoms with Gasteiger partial charge in [-0.25, -0.2) is 0 Å². The number of nitrogens with one attached hydrogen (secondary N) is 1. The third kappa shape index (κ3) is 1.72. The number of aliphatic carboxylic acids is 1. The smallest absolute Gasteiger partial charge is 0.306 e. The van der Waals surface area contributed by atoms with Gasteiger partial charge in [-0.05, 0) is 25.7 Å². The van der Waals surface area contributed by atoms with Gasteiger partial charge in [-0.2, -0.15) is 0 Å². The Morgan fingerprint density at radius 3 is 2.17 bits per heavy atom. The highest BCUT2D eigenvalue weighted by Gasteiger charge is 2.36. The molecular weight excluding hydrogens is 178 g/mol. The maximum atomic E-state index is 10.6. The van der Waals surface area contributed by atoms with Crippen LogP contribution in [0.2, 0.25) is 0 Å². The second-order valence-corrected chi connectivity index (χ2v) is 3.64. The molecule has 0 aromatic heterocycles. The molecule has 2 fully saturated rings. The predicted molar refractivity (Wildman–Crippen MR) is 47.6 cm³/mol. The number of piperidine rings is 1. The van der Waals surface area contributed by atoms with Gasteiger partial charge < -0.3 is 10.4 Å². The molecule has 0 amide bonds. The van der Waals surface area contributed by atoms with Crippen LogP contribution in [0.5, 0.6) is 0 Å². The van der Waals surface area contributed by atoms with Gasteiger partial charge in [-0.3, -0.25) is 4.79 Å². The fourth-order valence-corrected chi connectivity index (χ4v) is 2.26. The highest BCUT2D eigenvalue weighted by atomic mass is 35.5. The van der Waals surface area contributed by atoms with E-state index >= 15 is 0 Å². The Bertz CT molecular complexity index is 174. The van der Waals surface area contributed by atoms with Crippen molar-refractivity contribution in [3.63, 3.8) is 0 Å². The molecule has 0 unspecified atom stereocenters. The third-order valence-corrected chi connectivity index (χ3v) is 2.82. The maximum absolute atomic E-state index is 10.6. The normalized spacial score (nSPS) is 38.8. The molecule has 2 aliphatic rings. The van der Waals surface area contributed by atoms with Crippen LogP contribution in [-0.2, 0) is 4.79 Å². The summed E-state index contributed by atoms with van der Waals surface area (Å²) >= 11 is 0. The molecular formula is C8H14ClNO2. The lowest BCUT2D eigenvalue weighted by Crippen LogP contribution is -2.40. The van der Waals surface area contributed by atoms with E-state index in [1.54, 1.807) is 0 Å². The van der Waals surface area contributed by atoms with Crippen molar-refractivity contribution in [1.82, 2.24) is 5.32 Å². The number of carboxylic acid groups (broad SMARTS) is 1. The SMILES string of the molecule is Cl.O=C(O)[C@H]1C[C@H]2CC[C@@H](C1)N2. The van der Waals surface area contributed by atoms with Gasteiger partial charge in [-0.15, -0.1) is 12.4 Å². The monoisotopic (exact) mass is 191 g/mol. The van der Waals surface area contributed by atoms with E-state index in [9.17, 15) is 4.79 Å². The summed E-state index contributed by atoms with van der Waals surface area (Å²) in [7, 11) is 0. The maximum Gasteiger partial charge on any atom is 0.306 e. The standard InChI is InChI=1S/C8H13NO2.ClH/c10-8(11)5-3-6-1-2-7(4-5)9-6;/h5-7,9H,1-4H2,(H,10,11);1H/t5-,6+,7-;. The fourth-order valence-electron chi connectivity index (χ4n) is 2.26. The lowest BCUT2D eigenvalue weighted by atomic mass is 9.93. The van der Waals surface area contributed by atoms with Gasteiger partial charge in [0.15, 0.2) is 0 Å². The van der Waals surface area contributed by atoms with Crippen molar-refractivity contribution in [3.05, 3.63) is 0 Å². The molecule has 0 saturated carbocycles. The largest absolute Gasteiger partial charge is 0.481 e. The lowest BCUT2D eigenvalue weighted by Gasteiger charge is -2.25. The number of carboxylic acids is 1. The van der Waals surface area contributed by atoms with E-state index in [2.05, 4.69) is 5.32 Å². The molecule has 3 nitrogen and oxygen atoms in total. The Labute approximate surface area is 77.9 Å². The van der Waals surface area contributed by atoms with Crippen LogP contribution in [0.25, 0.3) is 0 Å². The average molecular weight is 192 g/mol. The van der Waals surface area contributed by atoms with E-state index in [1.165, 1.54) is 12.8 Å². The van der Waals surface area contributed by atoms with Crippen LogP contribution in [-0.4, -0.2) is 23.2 Å². The molecule has 70 valence electrons. The molecule has 2 rings (SSSR count). The minimum atomic E-state index is -0.608. The van der Waals surface area contributed by atoms with E-state index in [0.717, 1.165) is 12.8 Å². The summed E-state index contributed by atoms with van der Waals surface area (Å²) in [6.45, 7) is 0. The lowest BCUT2D eigenvalue weighted by molar-refractivity contribution is -0.143. The first-order valence-corrected chi connectivity index (χ1v) is 4.24. The Hall–Kier alpha value is -0.280. The summed E-state index contributed by atoms with van der Waals surface area (Å²) in [6, 6.07) is 0.990. The van der Waals surface area contributed by atoms with Crippen LogP contribution >= 0.6 is 12.4 Å². The zero-order chi connectivity index (χ0) is 7.84. The zero-order valence-electron chi connectivity index (χ0n) is 6.82. The molecule has 4 heteroatoms. The van der Waals surface area contributed by atoms with E-state index in [0.29, 0.717) is 12.1 Å². The summed E-state index contributed by atoms with van der Waals surface area (Å²) in [6.07, 6.45) is 4.03. The molecule has 0 radical (unpaired) electrons. The molecule has 2 heterocycles. The molecule has 12 heavy (non-hydrogen) atoms. The average Bonchev–Trinajstić information content (AvgIpc) is 2.30. The van der Waals surface area contributed by atoms with Crippen molar-refractivity contribution in [2.45, 2.75) is 37.8 Å². The minimum absolute atomic E-state index is 0. The minimum Gasteiger partial charge on any atom is -0.481 e. The van der Waals surface area contributed by atoms with Crippen LogP contribution in [0, 0.1) is 5.92 Å².